The number of hydrogen-bond acceptors (Lipinski definition) is 7. The minimum atomic E-state index is -0.431. The Morgan fingerprint density at radius 1 is 1.65 bits per heavy atom. The topological polar surface area (TPSA) is 89.7 Å². The zero-order valence-electron chi connectivity index (χ0n) is 11.9. The number of methoxy groups -OCH3 is 1. The molecule has 0 radical (unpaired) electrons. The van der Waals surface area contributed by atoms with Crippen LogP contribution in [-0.2, 0) is 9.47 Å². The number of rotatable bonds is 5. The Hall–Kier alpha value is -1.38. The maximum Gasteiger partial charge on any atom is 0.265 e. The molecule has 3 N–H and O–H groups in total. The number of nitrogens with zero attached hydrogens (tertiary/aromatic N) is 2. The maximum absolute atomic E-state index is 12.2. The van der Waals surface area contributed by atoms with Crippen molar-refractivity contribution >= 4 is 28.2 Å². The molecule has 0 saturated carbocycles. The molecule has 1 aromatic rings. The molecule has 1 saturated heterocycles. The van der Waals surface area contributed by atoms with Gasteiger partial charge in [0.05, 0.1) is 6.61 Å². The summed E-state index contributed by atoms with van der Waals surface area (Å²) in [6.45, 7) is 1.54. The van der Waals surface area contributed by atoms with E-state index < -0.39 is 5.60 Å². The fourth-order valence-electron chi connectivity index (χ4n) is 1.96. The van der Waals surface area contributed by atoms with Crippen LogP contribution in [0.1, 0.15) is 16.1 Å². The van der Waals surface area contributed by atoms with Crippen LogP contribution in [0.15, 0.2) is 0 Å². The Balaban J connectivity index is 2.01. The van der Waals surface area contributed by atoms with Crippen LogP contribution in [0.2, 0.25) is 0 Å². The third-order valence-corrected chi connectivity index (χ3v) is 4.54. The lowest BCUT2D eigenvalue weighted by molar-refractivity contribution is -0.0148. The molecule has 20 heavy (non-hydrogen) atoms. The quantitative estimate of drug-likeness (QED) is 0.814. The molecule has 1 aromatic heterocycles. The number of nitrogen functional groups attached to an aromatic ring is 1. The molecule has 1 fully saturated rings. The van der Waals surface area contributed by atoms with Gasteiger partial charge in [-0.15, -0.1) is 0 Å². The second-order valence-corrected chi connectivity index (χ2v) is 5.96. The molecule has 112 valence electrons. The first-order chi connectivity index (χ1) is 9.47. The standard InChI is InChI=1S/C12H20N4O3S/c1-16(2)11-15-9(13)8(20-11)10(17)14-6-12(18-3)4-5-19-7-12/h4-7,13H2,1-3H3,(H,14,17). The van der Waals surface area contributed by atoms with Crippen LogP contribution in [-0.4, -0.2) is 57.5 Å². The van der Waals surface area contributed by atoms with Gasteiger partial charge >= 0.3 is 0 Å². The Bertz CT molecular complexity index is 483. The number of ether oxygens (including phenoxy) is 2. The molecule has 1 unspecified atom stereocenters. The normalized spacial score (nSPS) is 21.9. The molecule has 1 aliphatic rings. The van der Waals surface area contributed by atoms with Crippen molar-refractivity contribution in [1.82, 2.24) is 10.3 Å². The highest BCUT2D eigenvalue weighted by Crippen LogP contribution is 2.27. The van der Waals surface area contributed by atoms with Gasteiger partial charge < -0.3 is 25.4 Å². The van der Waals surface area contributed by atoms with Gasteiger partial charge in [-0.1, -0.05) is 11.3 Å². The molecule has 0 bridgehead atoms. The average molecular weight is 300 g/mol. The zero-order chi connectivity index (χ0) is 14.8. The van der Waals surface area contributed by atoms with Crippen LogP contribution in [0.25, 0.3) is 0 Å². The molecule has 0 spiro atoms. The van der Waals surface area contributed by atoms with Gasteiger partial charge in [-0.2, -0.15) is 0 Å². The summed E-state index contributed by atoms with van der Waals surface area (Å²) in [4.78, 5) is 18.6. The number of anilines is 2. The van der Waals surface area contributed by atoms with Gasteiger partial charge in [0.25, 0.3) is 5.91 Å². The summed E-state index contributed by atoms with van der Waals surface area (Å²) in [5.41, 5.74) is 5.35. The summed E-state index contributed by atoms with van der Waals surface area (Å²) in [6.07, 6.45) is 0.769. The zero-order valence-corrected chi connectivity index (χ0v) is 12.7. The number of carbonyl (C=O) groups is 1. The minimum Gasteiger partial charge on any atom is -0.382 e. The summed E-state index contributed by atoms with van der Waals surface area (Å²) in [5.74, 6) is 0.0294. The molecule has 1 aliphatic heterocycles. The number of thiazole rings is 1. The van der Waals surface area contributed by atoms with Crippen molar-refractivity contribution in [2.45, 2.75) is 12.0 Å². The predicted octanol–water partition coefficient (Wildman–Crippen LogP) is 0.327. The van der Waals surface area contributed by atoms with Gasteiger partial charge in [-0.05, 0) is 0 Å². The second kappa shape index (κ2) is 5.94. The van der Waals surface area contributed by atoms with Gasteiger partial charge in [0.1, 0.15) is 16.3 Å². The van der Waals surface area contributed by atoms with Gasteiger partial charge in [0.2, 0.25) is 0 Å². The lowest BCUT2D eigenvalue weighted by atomic mass is 10.0. The molecule has 1 atom stereocenters. The summed E-state index contributed by atoms with van der Waals surface area (Å²) >= 11 is 1.27. The number of nitrogens with one attached hydrogen (secondary N) is 1. The number of amides is 1. The molecular formula is C12H20N4O3S. The van der Waals surface area contributed by atoms with Crippen LogP contribution >= 0.6 is 11.3 Å². The number of nitrogens with two attached hydrogens (primary N) is 1. The lowest BCUT2D eigenvalue weighted by Gasteiger charge is -2.25. The Labute approximate surface area is 122 Å². The summed E-state index contributed by atoms with van der Waals surface area (Å²) < 4.78 is 10.8. The third kappa shape index (κ3) is 3.02. The monoisotopic (exact) mass is 300 g/mol. The van der Waals surface area contributed by atoms with Crippen LogP contribution in [0, 0.1) is 0 Å². The molecule has 2 rings (SSSR count). The molecule has 0 aromatic carbocycles. The number of aromatic nitrogens is 1. The van der Waals surface area contributed by atoms with E-state index in [0.717, 1.165) is 6.42 Å². The van der Waals surface area contributed by atoms with Gasteiger partial charge in [0, 0.05) is 40.8 Å². The SMILES string of the molecule is COC1(CNC(=O)c2sc(N(C)C)nc2N)CCOC1. The van der Waals surface area contributed by atoms with Crippen molar-refractivity contribution in [2.75, 3.05) is 51.6 Å². The van der Waals surface area contributed by atoms with Crippen molar-refractivity contribution in [1.29, 1.82) is 0 Å². The van der Waals surface area contributed by atoms with Gasteiger partial charge in [-0.3, -0.25) is 4.79 Å². The van der Waals surface area contributed by atoms with E-state index in [1.54, 1.807) is 7.11 Å². The van der Waals surface area contributed by atoms with E-state index >= 15 is 0 Å². The smallest absolute Gasteiger partial charge is 0.265 e. The molecular weight excluding hydrogens is 280 g/mol. The van der Waals surface area contributed by atoms with Crippen molar-refractivity contribution in [3.63, 3.8) is 0 Å². The first-order valence-electron chi connectivity index (χ1n) is 6.32. The summed E-state index contributed by atoms with van der Waals surface area (Å²) in [7, 11) is 5.34. The third-order valence-electron chi connectivity index (χ3n) is 3.30. The molecule has 2 heterocycles. The molecule has 1 amide bonds. The van der Waals surface area contributed by atoms with Crippen LogP contribution < -0.4 is 16.0 Å². The summed E-state index contributed by atoms with van der Waals surface area (Å²) in [6, 6.07) is 0. The van der Waals surface area contributed by atoms with Crippen LogP contribution in [0.3, 0.4) is 0 Å². The van der Waals surface area contributed by atoms with Crippen molar-refractivity contribution in [3.8, 4) is 0 Å². The maximum atomic E-state index is 12.2. The molecule has 8 heteroatoms. The van der Waals surface area contributed by atoms with Crippen LogP contribution in [0.5, 0.6) is 0 Å². The van der Waals surface area contributed by atoms with Crippen molar-refractivity contribution < 1.29 is 14.3 Å². The highest BCUT2D eigenvalue weighted by molar-refractivity contribution is 7.18. The minimum absolute atomic E-state index is 0.226. The Morgan fingerprint density at radius 3 is 2.90 bits per heavy atom. The van der Waals surface area contributed by atoms with Crippen LogP contribution in [0.4, 0.5) is 10.9 Å². The highest BCUT2D eigenvalue weighted by Gasteiger charge is 2.35. The Morgan fingerprint density at radius 2 is 2.40 bits per heavy atom. The van der Waals surface area contributed by atoms with E-state index in [1.165, 1.54) is 11.3 Å². The lowest BCUT2D eigenvalue weighted by Crippen LogP contribution is -2.44. The average Bonchev–Trinajstić information content (AvgIpc) is 3.03. The van der Waals surface area contributed by atoms with Gasteiger partial charge in [-0.25, -0.2) is 4.98 Å². The van der Waals surface area contributed by atoms with E-state index in [4.69, 9.17) is 15.2 Å². The first-order valence-corrected chi connectivity index (χ1v) is 7.14. The largest absolute Gasteiger partial charge is 0.382 e. The fourth-order valence-corrected chi connectivity index (χ4v) is 2.78. The fraction of sp³-hybridized carbons (Fsp3) is 0.667. The van der Waals surface area contributed by atoms with E-state index in [-0.39, 0.29) is 11.7 Å². The second-order valence-electron chi connectivity index (χ2n) is 4.98. The van der Waals surface area contributed by atoms with E-state index in [1.807, 2.05) is 19.0 Å². The number of hydrogen-bond donors (Lipinski definition) is 2. The Kier molecular flexibility index (Phi) is 4.46. The number of carbonyl (C=O) groups excluding carboxylic acids is 1. The van der Waals surface area contributed by atoms with Crippen molar-refractivity contribution in [2.24, 2.45) is 0 Å². The van der Waals surface area contributed by atoms with E-state index in [0.29, 0.717) is 29.8 Å². The highest BCUT2D eigenvalue weighted by atomic mass is 32.1. The van der Waals surface area contributed by atoms with Gasteiger partial charge in [0.15, 0.2) is 5.13 Å². The predicted molar refractivity (Wildman–Crippen MR) is 78.4 cm³/mol. The summed E-state index contributed by atoms with van der Waals surface area (Å²) in [5, 5.41) is 3.56. The van der Waals surface area contributed by atoms with E-state index in [2.05, 4.69) is 10.3 Å². The molecule has 7 nitrogen and oxygen atoms in total. The van der Waals surface area contributed by atoms with Crippen molar-refractivity contribution in [3.05, 3.63) is 4.88 Å². The molecule has 0 aliphatic carbocycles. The van der Waals surface area contributed by atoms with E-state index in [9.17, 15) is 4.79 Å². The first kappa shape index (κ1) is 15.0.